The van der Waals surface area contributed by atoms with Gasteiger partial charge >= 0.3 is 6.01 Å². The molecule has 9 heteroatoms. The van der Waals surface area contributed by atoms with Crippen molar-refractivity contribution >= 4 is 31.1 Å². The minimum Gasteiger partial charge on any atom is -0.463 e. The van der Waals surface area contributed by atoms with Crippen molar-refractivity contribution < 1.29 is 9.53 Å². The topological polar surface area (TPSA) is 96.6 Å². The molecule has 1 fully saturated rings. The Bertz CT molecular complexity index is 932. The molecule has 1 aromatic carbocycles. The molecule has 162 valence electrons. The summed E-state index contributed by atoms with van der Waals surface area (Å²) < 4.78 is 5.66. The number of likely N-dealkylation sites (tertiary alicyclic amines) is 1. The SMILES string of the molecule is [B][C@H](C)CCOc1nc(N)c2c(n1)N(Cc1cccc(CN3CCCC3)c1)CC(=O)N2. The van der Waals surface area contributed by atoms with Gasteiger partial charge in [0.2, 0.25) is 5.91 Å². The molecule has 3 N–H and O–H groups in total. The molecule has 2 aliphatic rings. The van der Waals surface area contributed by atoms with E-state index in [9.17, 15) is 4.79 Å². The number of amides is 1. The van der Waals surface area contributed by atoms with E-state index < -0.39 is 0 Å². The molecule has 4 rings (SSSR count). The summed E-state index contributed by atoms with van der Waals surface area (Å²) in [5, 5.41) is 2.79. The molecule has 0 saturated carbocycles. The molecule has 0 unspecified atom stereocenters. The number of nitrogens with zero attached hydrogens (tertiary/aromatic N) is 4. The van der Waals surface area contributed by atoms with Crippen molar-refractivity contribution in [3.05, 3.63) is 35.4 Å². The molecule has 1 atom stereocenters. The summed E-state index contributed by atoms with van der Waals surface area (Å²) in [6.45, 7) is 6.33. The molecule has 0 spiro atoms. The summed E-state index contributed by atoms with van der Waals surface area (Å²) in [5.74, 6) is 0.662. The first-order chi connectivity index (χ1) is 15.0. The summed E-state index contributed by atoms with van der Waals surface area (Å²) in [6, 6.07) is 8.70. The van der Waals surface area contributed by atoms with Crippen LogP contribution in [0.4, 0.5) is 17.3 Å². The Morgan fingerprint density at radius 3 is 2.71 bits per heavy atom. The molecule has 2 aromatic rings. The van der Waals surface area contributed by atoms with E-state index in [4.69, 9.17) is 18.3 Å². The molecule has 8 nitrogen and oxygen atoms in total. The molecule has 2 radical (unpaired) electrons. The van der Waals surface area contributed by atoms with Crippen LogP contribution in [0.2, 0.25) is 5.82 Å². The van der Waals surface area contributed by atoms with E-state index in [-0.39, 0.29) is 30.1 Å². The van der Waals surface area contributed by atoms with Crippen molar-refractivity contribution in [1.82, 2.24) is 14.9 Å². The summed E-state index contributed by atoms with van der Waals surface area (Å²) in [5.41, 5.74) is 8.94. The standard InChI is InChI=1S/C22H29BN6O2/c1-15(23)7-10-31-22-26-20(24)19-21(27-22)29(14-18(30)25-19)13-17-6-4-5-16(11-17)12-28-8-2-3-9-28/h4-6,11,15H,2-3,7-10,12-14H2,1H3,(H,25,30)(H2,24,26,27)/t15-/m1/s1. The number of rotatable bonds is 8. The van der Waals surface area contributed by atoms with Crippen LogP contribution in [0.15, 0.2) is 24.3 Å². The number of carbonyl (C=O) groups excluding carboxylic acids is 1. The summed E-state index contributed by atoms with van der Waals surface area (Å²) in [6.07, 6.45) is 3.23. The molecule has 3 heterocycles. The largest absolute Gasteiger partial charge is 0.463 e. The van der Waals surface area contributed by atoms with E-state index in [1.165, 1.54) is 18.4 Å². The third kappa shape index (κ3) is 5.47. The third-order valence-corrected chi connectivity index (χ3v) is 5.57. The second kappa shape index (κ2) is 9.55. The first-order valence-electron chi connectivity index (χ1n) is 10.9. The number of nitrogen functional groups attached to an aromatic ring is 1. The first-order valence-corrected chi connectivity index (χ1v) is 10.9. The predicted octanol–water partition coefficient (Wildman–Crippen LogP) is 2.36. The van der Waals surface area contributed by atoms with Gasteiger partial charge in [-0.1, -0.05) is 37.0 Å². The van der Waals surface area contributed by atoms with Crippen LogP contribution in [-0.4, -0.2) is 54.9 Å². The van der Waals surface area contributed by atoms with E-state index in [0.29, 0.717) is 31.1 Å². The smallest absolute Gasteiger partial charge is 0.320 e. The number of hydrogen-bond acceptors (Lipinski definition) is 7. The molecular formula is C22H29BN6O2. The highest BCUT2D eigenvalue weighted by atomic mass is 16.5. The van der Waals surface area contributed by atoms with Gasteiger partial charge in [0.15, 0.2) is 11.6 Å². The van der Waals surface area contributed by atoms with E-state index in [0.717, 1.165) is 25.2 Å². The maximum Gasteiger partial charge on any atom is 0.320 e. The van der Waals surface area contributed by atoms with E-state index in [1.807, 2.05) is 11.8 Å². The van der Waals surface area contributed by atoms with Gasteiger partial charge in [0, 0.05) is 13.1 Å². The number of hydrogen-bond donors (Lipinski definition) is 2. The second-order valence-electron chi connectivity index (χ2n) is 8.41. The quantitative estimate of drug-likeness (QED) is 0.633. The highest BCUT2D eigenvalue weighted by Gasteiger charge is 2.27. The van der Waals surface area contributed by atoms with Gasteiger partial charge in [-0.2, -0.15) is 9.97 Å². The summed E-state index contributed by atoms with van der Waals surface area (Å²) in [7, 11) is 5.78. The van der Waals surface area contributed by atoms with Crippen molar-refractivity contribution in [1.29, 1.82) is 0 Å². The van der Waals surface area contributed by atoms with Gasteiger partial charge < -0.3 is 20.7 Å². The average molecular weight is 420 g/mol. The van der Waals surface area contributed by atoms with Gasteiger partial charge in [0.1, 0.15) is 5.69 Å². The van der Waals surface area contributed by atoms with Crippen LogP contribution < -0.4 is 20.7 Å². The number of ether oxygens (including phenoxy) is 1. The monoisotopic (exact) mass is 420 g/mol. The van der Waals surface area contributed by atoms with Gasteiger partial charge in [-0.05, 0) is 43.5 Å². The molecular weight excluding hydrogens is 391 g/mol. The number of fused-ring (bicyclic) bond motifs is 1. The Morgan fingerprint density at radius 1 is 1.23 bits per heavy atom. The number of aromatic nitrogens is 2. The van der Waals surface area contributed by atoms with Gasteiger partial charge in [-0.15, -0.1) is 0 Å². The molecule has 1 amide bonds. The number of nitrogens with two attached hydrogens (primary N) is 1. The fraction of sp³-hybridized carbons (Fsp3) is 0.500. The van der Waals surface area contributed by atoms with Crippen LogP contribution in [-0.2, 0) is 17.9 Å². The molecule has 1 saturated heterocycles. The van der Waals surface area contributed by atoms with E-state index in [1.54, 1.807) is 0 Å². The first kappa shape index (κ1) is 21.4. The number of carbonyl (C=O) groups is 1. The lowest BCUT2D eigenvalue weighted by Crippen LogP contribution is -2.39. The fourth-order valence-corrected chi connectivity index (χ4v) is 4.00. The Balaban J connectivity index is 1.52. The zero-order valence-electron chi connectivity index (χ0n) is 18.0. The van der Waals surface area contributed by atoms with E-state index in [2.05, 4.69) is 44.5 Å². The Kier molecular flexibility index (Phi) is 6.60. The van der Waals surface area contributed by atoms with Crippen molar-refractivity contribution in [2.45, 2.75) is 45.1 Å². The minimum atomic E-state index is -0.137. The van der Waals surface area contributed by atoms with Crippen molar-refractivity contribution in [3.63, 3.8) is 0 Å². The van der Waals surface area contributed by atoms with Crippen molar-refractivity contribution in [2.24, 2.45) is 0 Å². The molecule has 0 aliphatic carbocycles. The van der Waals surface area contributed by atoms with E-state index >= 15 is 0 Å². The zero-order chi connectivity index (χ0) is 21.8. The lowest BCUT2D eigenvalue weighted by Gasteiger charge is -2.30. The zero-order valence-corrected chi connectivity index (χ0v) is 18.0. The van der Waals surface area contributed by atoms with Gasteiger partial charge in [0.05, 0.1) is 21.0 Å². The highest BCUT2D eigenvalue weighted by molar-refractivity contribution is 6.11. The molecule has 31 heavy (non-hydrogen) atoms. The molecule has 0 bridgehead atoms. The van der Waals surface area contributed by atoms with Crippen molar-refractivity contribution in [2.75, 3.05) is 42.2 Å². The Labute approximate surface area is 184 Å². The van der Waals surface area contributed by atoms with Crippen LogP contribution in [0.25, 0.3) is 0 Å². The predicted molar refractivity (Wildman–Crippen MR) is 122 cm³/mol. The summed E-state index contributed by atoms with van der Waals surface area (Å²) in [4.78, 5) is 25.4. The van der Waals surface area contributed by atoms with Crippen LogP contribution >= 0.6 is 0 Å². The number of benzene rings is 1. The Morgan fingerprint density at radius 2 is 1.97 bits per heavy atom. The third-order valence-electron chi connectivity index (χ3n) is 5.57. The minimum absolute atomic E-state index is 0.0265. The van der Waals surface area contributed by atoms with Crippen LogP contribution in [0.3, 0.4) is 0 Å². The second-order valence-corrected chi connectivity index (χ2v) is 8.41. The molecule has 1 aromatic heterocycles. The maximum atomic E-state index is 12.3. The van der Waals surface area contributed by atoms with Gasteiger partial charge in [-0.25, -0.2) is 0 Å². The maximum absolute atomic E-state index is 12.3. The number of anilines is 3. The van der Waals surface area contributed by atoms with Crippen LogP contribution in [0.1, 0.15) is 37.3 Å². The van der Waals surface area contributed by atoms with Gasteiger partial charge in [-0.3, -0.25) is 9.69 Å². The normalized spacial score (nSPS) is 17.3. The average Bonchev–Trinajstić information content (AvgIpc) is 3.22. The van der Waals surface area contributed by atoms with Crippen LogP contribution in [0, 0.1) is 0 Å². The lowest BCUT2D eigenvalue weighted by atomic mass is 9.87. The van der Waals surface area contributed by atoms with Crippen molar-refractivity contribution in [3.8, 4) is 6.01 Å². The number of nitrogens with one attached hydrogen (secondary N) is 1. The fourth-order valence-electron chi connectivity index (χ4n) is 4.00. The summed E-state index contributed by atoms with van der Waals surface area (Å²) >= 11 is 0. The highest BCUT2D eigenvalue weighted by Crippen LogP contribution is 2.34. The lowest BCUT2D eigenvalue weighted by molar-refractivity contribution is -0.115. The Hall–Kier alpha value is -2.81. The van der Waals surface area contributed by atoms with Crippen LogP contribution in [0.5, 0.6) is 6.01 Å². The van der Waals surface area contributed by atoms with Gasteiger partial charge in [0.25, 0.3) is 0 Å². The molecule has 2 aliphatic heterocycles.